The average molecular weight is 505 g/mol. The molecule has 0 saturated heterocycles. The number of nitrogens with one attached hydrogen (secondary N) is 2. The minimum absolute atomic E-state index is 0.0176. The summed E-state index contributed by atoms with van der Waals surface area (Å²) >= 11 is 0. The molecule has 0 unspecified atom stereocenters. The number of hydrogen-bond donors (Lipinski definition) is 3. The number of benzene rings is 4. The molecule has 1 aromatic heterocycles. The van der Waals surface area contributed by atoms with E-state index < -0.39 is 28.7 Å². The van der Waals surface area contributed by atoms with Gasteiger partial charge < -0.3 is 5.73 Å². The maximum atomic E-state index is 14.6. The van der Waals surface area contributed by atoms with Crippen molar-refractivity contribution in [2.75, 3.05) is 5.73 Å². The number of hydrogen-bond acceptors (Lipinski definition) is 4. The van der Waals surface area contributed by atoms with Gasteiger partial charge in [-0.25, -0.2) is 18.2 Å². The molecule has 0 amide bonds. The van der Waals surface area contributed by atoms with Crippen LogP contribution in [0.2, 0.25) is 0 Å². The number of halogens is 3. The normalized spacial score (nSPS) is 13.0. The number of nitrogens with two attached hydrogens (primary N) is 1. The van der Waals surface area contributed by atoms with Crippen LogP contribution in [0.4, 0.5) is 18.9 Å². The van der Waals surface area contributed by atoms with Gasteiger partial charge >= 0.3 is 0 Å². The maximum absolute atomic E-state index is 14.6. The smallest absolute Gasteiger partial charge is 0.159 e. The zero-order valence-electron chi connectivity index (χ0n) is 19.8. The van der Waals surface area contributed by atoms with Gasteiger partial charge in [0, 0.05) is 33.7 Å². The number of aromatic nitrogens is 1. The van der Waals surface area contributed by atoms with Crippen molar-refractivity contribution >= 4 is 39.7 Å². The first-order valence-corrected chi connectivity index (χ1v) is 11.8. The lowest BCUT2D eigenvalue weighted by Crippen LogP contribution is -2.21. The molecule has 0 aliphatic heterocycles. The second-order valence-corrected chi connectivity index (χ2v) is 8.96. The fourth-order valence-electron chi connectivity index (χ4n) is 4.84. The third-order valence-corrected chi connectivity index (χ3v) is 6.73. The van der Waals surface area contributed by atoms with Crippen LogP contribution in [-0.2, 0) is 0 Å². The number of fused-ring (bicyclic) bond motifs is 3. The molecule has 1 heterocycles. The molecule has 4 aromatic carbocycles. The van der Waals surface area contributed by atoms with E-state index in [4.69, 9.17) is 21.5 Å². The number of rotatable bonds is 3. The van der Waals surface area contributed by atoms with Gasteiger partial charge in [-0.05, 0) is 23.3 Å². The van der Waals surface area contributed by atoms with E-state index in [9.17, 15) is 13.2 Å². The molecule has 0 fully saturated rings. The van der Waals surface area contributed by atoms with Crippen molar-refractivity contribution in [1.29, 1.82) is 10.8 Å². The Labute approximate surface area is 215 Å². The van der Waals surface area contributed by atoms with Crippen molar-refractivity contribution in [2.24, 2.45) is 0 Å². The van der Waals surface area contributed by atoms with Crippen molar-refractivity contribution in [3.8, 4) is 22.4 Å². The lowest BCUT2D eigenvalue weighted by atomic mass is 9.82. The first kappa shape index (κ1) is 23.4. The maximum Gasteiger partial charge on any atom is 0.159 e. The number of pyridine rings is 1. The molecule has 184 valence electrons. The molecular formula is C31H19F3N4. The van der Waals surface area contributed by atoms with E-state index in [-0.39, 0.29) is 17.0 Å². The largest absolute Gasteiger partial charge is 0.394 e. The standard InChI is InChI=1S/C31H19F3N4/c32-22-15-23(33)29(36)27(34)25(22)17-12-10-16(11-13-17)20-14-21-26(30(37)28(20)35)19-8-4-5-9-24(19)38-31(21)18-6-2-1-3-7-18/h1-15,35,37H,36H2. The van der Waals surface area contributed by atoms with Crippen molar-refractivity contribution < 1.29 is 13.2 Å². The first-order valence-electron chi connectivity index (χ1n) is 11.8. The summed E-state index contributed by atoms with van der Waals surface area (Å²) in [5.41, 5.74) is 9.20. The molecule has 6 rings (SSSR count). The topological polar surface area (TPSA) is 86.6 Å². The van der Waals surface area contributed by atoms with E-state index >= 15 is 0 Å². The van der Waals surface area contributed by atoms with E-state index in [0.29, 0.717) is 28.5 Å². The Morgan fingerprint density at radius 2 is 1.32 bits per heavy atom. The lowest BCUT2D eigenvalue weighted by Gasteiger charge is -2.23. The van der Waals surface area contributed by atoms with Crippen LogP contribution in [0.1, 0.15) is 16.7 Å². The second kappa shape index (κ2) is 8.81. The van der Waals surface area contributed by atoms with Gasteiger partial charge in [-0.2, -0.15) is 0 Å². The molecule has 0 radical (unpaired) electrons. The fraction of sp³-hybridized carbons (Fsp3) is 0. The molecule has 5 aromatic rings. The minimum Gasteiger partial charge on any atom is -0.394 e. The van der Waals surface area contributed by atoms with Crippen LogP contribution >= 0.6 is 0 Å². The summed E-state index contributed by atoms with van der Waals surface area (Å²) in [5.74, 6) is -3.39. The zero-order chi connectivity index (χ0) is 26.6. The summed E-state index contributed by atoms with van der Waals surface area (Å²) < 4.78 is 42.7. The summed E-state index contributed by atoms with van der Waals surface area (Å²) in [7, 11) is 0. The molecule has 1 aliphatic carbocycles. The van der Waals surface area contributed by atoms with Gasteiger partial charge in [0.1, 0.15) is 11.5 Å². The Morgan fingerprint density at radius 3 is 2.05 bits per heavy atom. The van der Waals surface area contributed by atoms with Crippen LogP contribution in [0.3, 0.4) is 0 Å². The Bertz CT molecular complexity index is 1830. The van der Waals surface area contributed by atoms with E-state index in [1.807, 2.05) is 60.7 Å². The van der Waals surface area contributed by atoms with Crippen molar-refractivity contribution in [3.05, 3.63) is 119 Å². The van der Waals surface area contributed by atoms with Crippen molar-refractivity contribution in [1.82, 2.24) is 4.98 Å². The monoisotopic (exact) mass is 504 g/mol. The minimum atomic E-state index is -1.17. The summed E-state index contributed by atoms with van der Waals surface area (Å²) in [5, 5.41) is 18.5. The lowest BCUT2D eigenvalue weighted by molar-refractivity contribution is 0.554. The molecule has 7 heteroatoms. The molecule has 0 spiro atoms. The molecule has 0 bridgehead atoms. The van der Waals surface area contributed by atoms with Crippen molar-refractivity contribution in [2.45, 2.75) is 0 Å². The van der Waals surface area contributed by atoms with Crippen LogP contribution in [0.5, 0.6) is 0 Å². The number of allylic oxidation sites excluding steroid dienone is 1. The third-order valence-electron chi connectivity index (χ3n) is 6.73. The van der Waals surface area contributed by atoms with Gasteiger partial charge in [0.15, 0.2) is 11.6 Å². The molecule has 0 atom stereocenters. The summed E-state index contributed by atoms with van der Waals surface area (Å²) in [6.45, 7) is 0. The molecule has 4 N–H and O–H groups in total. The van der Waals surface area contributed by atoms with Gasteiger partial charge in [-0.3, -0.25) is 10.8 Å². The van der Waals surface area contributed by atoms with Gasteiger partial charge in [0.25, 0.3) is 0 Å². The Hall–Kier alpha value is -5.04. The van der Waals surface area contributed by atoms with Gasteiger partial charge in [-0.1, -0.05) is 72.8 Å². The highest BCUT2D eigenvalue weighted by Crippen LogP contribution is 2.38. The summed E-state index contributed by atoms with van der Waals surface area (Å²) in [4.78, 5) is 4.90. The molecule has 38 heavy (non-hydrogen) atoms. The summed E-state index contributed by atoms with van der Waals surface area (Å²) in [6, 6.07) is 23.9. The van der Waals surface area contributed by atoms with Crippen LogP contribution in [0.25, 0.3) is 44.9 Å². The number of para-hydroxylation sites is 1. The predicted molar refractivity (Wildman–Crippen MR) is 146 cm³/mol. The second-order valence-electron chi connectivity index (χ2n) is 8.96. The third kappa shape index (κ3) is 3.59. The SMILES string of the molecule is N=C1C(=N)c2c(c(-c3ccccc3)nc3ccccc23)C=C1c1ccc(-c2c(F)cc(F)c(N)c2F)cc1. The highest BCUT2D eigenvalue weighted by Gasteiger charge is 2.28. The first-order chi connectivity index (χ1) is 18.3. The summed E-state index contributed by atoms with van der Waals surface area (Å²) in [6.07, 6.45) is 1.84. The van der Waals surface area contributed by atoms with Crippen LogP contribution in [-0.4, -0.2) is 16.4 Å². The van der Waals surface area contributed by atoms with Crippen molar-refractivity contribution in [3.63, 3.8) is 0 Å². The van der Waals surface area contributed by atoms with Gasteiger partial charge in [-0.15, -0.1) is 0 Å². The number of nitrogens with zero attached hydrogens (tertiary/aromatic N) is 1. The Morgan fingerprint density at radius 1 is 0.658 bits per heavy atom. The van der Waals surface area contributed by atoms with Crippen LogP contribution < -0.4 is 5.73 Å². The molecule has 0 saturated carbocycles. The average Bonchev–Trinajstić information content (AvgIpc) is 2.94. The van der Waals surface area contributed by atoms with E-state index in [1.54, 1.807) is 12.1 Å². The molecule has 1 aliphatic rings. The van der Waals surface area contributed by atoms with Crippen LogP contribution in [0, 0.1) is 28.3 Å². The Balaban J connectivity index is 1.53. The van der Waals surface area contributed by atoms with Gasteiger partial charge in [0.05, 0.1) is 28.2 Å². The molecular weight excluding hydrogens is 485 g/mol. The fourth-order valence-corrected chi connectivity index (χ4v) is 4.84. The quantitative estimate of drug-likeness (QED) is 0.222. The van der Waals surface area contributed by atoms with Gasteiger partial charge in [0.2, 0.25) is 0 Å². The highest BCUT2D eigenvalue weighted by molar-refractivity contribution is 6.64. The molecule has 4 nitrogen and oxygen atoms in total. The van der Waals surface area contributed by atoms with E-state index in [2.05, 4.69) is 0 Å². The Kier molecular flexibility index (Phi) is 5.42. The number of nitrogen functional groups attached to an aromatic ring is 1. The highest BCUT2D eigenvalue weighted by atomic mass is 19.1. The number of anilines is 1. The zero-order valence-corrected chi connectivity index (χ0v) is 19.8. The van der Waals surface area contributed by atoms with Crippen LogP contribution in [0.15, 0.2) is 84.9 Å². The predicted octanol–water partition coefficient (Wildman–Crippen LogP) is 7.51. The van der Waals surface area contributed by atoms with E-state index in [0.717, 1.165) is 22.0 Å². The van der Waals surface area contributed by atoms with E-state index in [1.165, 1.54) is 12.1 Å².